The van der Waals surface area contributed by atoms with Crippen LogP contribution in [0.1, 0.15) is 25.3 Å². The molecule has 5 heteroatoms. The van der Waals surface area contributed by atoms with Gasteiger partial charge in [0.25, 0.3) is 0 Å². The van der Waals surface area contributed by atoms with Crippen LogP contribution in [0.4, 0.5) is 5.69 Å². The maximum Gasteiger partial charge on any atom is 0.106 e. The molecule has 0 spiro atoms. The van der Waals surface area contributed by atoms with E-state index in [1.54, 1.807) is 0 Å². The largest absolute Gasteiger partial charge is 0.395 e. The summed E-state index contributed by atoms with van der Waals surface area (Å²) in [6.45, 7) is 3.76. The minimum absolute atomic E-state index is 0.122. The van der Waals surface area contributed by atoms with E-state index in [1.165, 1.54) is 0 Å². The minimum atomic E-state index is 0.122. The maximum absolute atomic E-state index is 9.17. The van der Waals surface area contributed by atoms with Gasteiger partial charge in [0.05, 0.1) is 6.61 Å². The van der Waals surface area contributed by atoms with Gasteiger partial charge in [-0.05, 0) is 24.6 Å². The van der Waals surface area contributed by atoms with Gasteiger partial charge in [0.1, 0.15) is 4.99 Å². The van der Waals surface area contributed by atoms with E-state index >= 15 is 0 Å². The first-order valence-corrected chi connectivity index (χ1v) is 7.25. The van der Waals surface area contributed by atoms with Crippen LogP contribution in [0.25, 0.3) is 0 Å². The van der Waals surface area contributed by atoms with Crippen LogP contribution >= 0.6 is 28.1 Å². The number of anilines is 1. The Labute approximate surface area is 122 Å². The summed E-state index contributed by atoms with van der Waals surface area (Å²) >= 11 is 8.52. The molecular formula is C13H19BrN2OS. The fourth-order valence-corrected chi connectivity index (χ4v) is 2.33. The van der Waals surface area contributed by atoms with Gasteiger partial charge in [0.15, 0.2) is 0 Å². The highest BCUT2D eigenvalue weighted by Crippen LogP contribution is 2.25. The number of aliphatic hydroxyl groups is 1. The molecule has 0 fully saturated rings. The number of unbranched alkanes of at least 4 members (excludes halogenated alkanes) is 1. The molecule has 0 amide bonds. The molecular weight excluding hydrogens is 312 g/mol. The molecule has 3 N–H and O–H groups in total. The van der Waals surface area contributed by atoms with Crippen LogP contribution in [-0.2, 0) is 0 Å². The number of aliphatic hydroxyl groups excluding tert-OH is 1. The van der Waals surface area contributed by atoms with Crippen molar-refractivity contribution >= 4 is 38.8 Å². The Morgan fingerprint density at radius 1 is 1.44 bits per heavy atom. The first kappa shape index (κ1) is 15.4. The summed E-state index contributed by atoms with van der Waals surface area (Å²) in [6, 6.07) is 5.88. The van der Waals surface area contributed by atoms with Crippen molar-refractivity contribution < 1.29 is 5.11 Å². The topological polar surface area (TPSA) is 49.5 Å². The molecule has 1 aromatic carbocycles. The molecule has 0 unspecified atom stereocenters. The van der Waals surface area contributed by atoms with Gasteiger partial charge in [0.2, 0.25) is 0 Å². The van der Waals surface area contributed by atoms with Crippen LogP contribution in [0.15, 0.2) is 22.7 Å². The molecule has 0 aromatic heterocycles. The van der Waals surface area contributed by atoms with Crippen LogP contribution in [-0.4, -0.2) is 29.8 Å². The summed E-state index contributed by atoms with van der Waals surface area (Å²) in [6.07, 6.45) is 2.19. The Balaban J connectivity index is 3.05. The summed E-state index contributed by atoms with van der Waals surface area (Å²) in [5.41, 5.74) is 7.61. The average Bonchev–Trinajstić information content (AvgIpc) is 2.34. The first-order valence-electron chi connectivity index (χ1n) is 6.05. The Bertz CT molecular complexity index is 412. The Kier molecular flexibility index (Phi) is 6.60. The maximum atomic E-state index is 9.17. The van der Waals surface area contributed by atoms with E-state index in [1.807, 2.05) is 18.2 Å². The first-order chi connectivity index (χ1) is 8.60. The van der Waals surface area contributed by atoms with E-state index in [0.29, 0.717) is 11.5 Å². The molecule has 0 radical (unpaired) electrons. The van der Waals surface area contributed by atoms with E-state index in [2.05, 4.69) is 27.8 Å². The Morgan fingerprint density at radius 2 is 2.17 bits per heavy atom. The van der Waals surface area contributed by atoms with Crippen LogP contribution in [0.2, 0.25) is 0 Å². The van der Waals surface area contributed by atoms with Crippen molar-refractivity contribution in [3.05, 3.63) is 28.2 Å². The van der Waals surface area contributed by atoms with Crippen LogP contribution < -0.4 is 10.6 Å². The third kappa shape index (κ3) is 4.23. The standard InChI is InChI=1S/C13H19BrN2OS/c1-2-3-6-16(7-8-17)12-5-4-10(14)9-11(12)13(15)18/h4-5,9,17H,2-3,6-8H2,1H3,(H2,15,18). The van der Waals surface area contributed by atoms with Crippen LogP contribution in [0, 0.1) is 0 Å². The van der Waals surface area contributed by atoms with Gasteiger partial charge in [-0.2, -0.15) is 0 Å². The lowest BCUT2D eigenvalue weighted by molar-refractivity contribution is 0.301. The molecule has 0 saturated heterocycles. The van der Waals surface area contributed by atoms with Gasteiger partial charge >= 0.3 is 0 Å². The van der Waals surface area contributed by atoms with Crippen molar-refractivity contribution in [3.8, 4) is 0 Å². The van der Waals surface area contributed by atoms with E-state index in [0.717, 1.165) is 35.1 Å². The van der Waals surface area contributed by atoms with Crippen molar-refractivity contribution in [3.63, 3.8) is 0 Å². The van der Waals surface area contributed by atoms with Crippen molar-refractivity contribution in [2.45, 2.75) is 19.8 Å². The molecule has 18 heavy (non-hydrogen) atoms. The van der Waals surface area contributed by atoms with Gasteiger partial charge in [0, 0.05) is 28.8 Å². The summed E-state index contributed by atoms with van der Waals surface area (Å²) < 4.78 is 0.952. The average molecular weight is 331 g/mol. The number of rotatable bonds is 7. The monoisotopic (exact) mass is 330 g/mol. The van der Waals surface area contributed by atoms with E-state index < -0.39 is 0 Å². The fourth-order valence-electron chi connectivity index (χ4n) is 1.80. The molecule has 1 aromatic rings. The van der Waals surface area contributed by atoms with Crippen molar-refractivity contribution in [2.24, 2.45) is 5.73 Å². The highest BCUT2D eigenvalue weighted by molar-refractivity contribution is 9.10. The summed E-state index contributed by atoms with van der Waals surface area (Å²) in [7, 11) is 0. The molecule has 0 saturated carbocycles. The molecule has 1 rings (SSSR count). The Hall–Kier alpha value is -0.650. The number of thiocarbonyl (C=S) groups is 1. The lowest BCUT2D eigenvalue weighted by atomic mass is 10.1. The number of nitrogens with two attached hydrogens (primary N) is 1. The molecule has 0 aliphatic heterocycles. The fraction of sp³-hybridized carbons (Fsp3) is 0.462. The quantitative estimate of drug-likeness (QED) is 0.754. The molecule has 0 bridgehead atoms. The second-order valence-corrected chi connectivity index (χ2v) is 5.45. The number of halogens is 1. The van der Waals surface area contributed by atoms with Crippen LogP contribution in [0.5, 0.6) is 0 Å². The van der Waals surface area contributed by atoms with Gasteiger partial charge in [-0.3, -0.25) is 0 Å². The molecule has 0 atom stereocenters. The highest BCUT2D eigenvalue weighted by atomic mass is 79.9. The number of hydrogen-bond acceptors (Lipinski definition) is 3. The molecule has 0 aliphatic rings. The van der Waals surface area contributed by atoms with Gasteiger partial charge in [-0.1, -0.05) is 41.5 Å². The second kappa shape index (κ2) is 7.71. The van der Waals surface area contributed by atoms with E-state index in [-0.39, 0.29) is 6.61 Å². The molecule has 3 nitrogen and oxygen atoms in total. The van der Waals surface area contributed by atoms with E-state index in [4.69, 9.17) is 23.1 Å². The summed E-state index contributed by atoms with van der Waals surface area (Å²) in [5, 5.41) is 9.17. The SMILES string of the molecule is CCCCN(CCO)c1ccc(Br)cc1C(N)=S. The highest BCUT2D eigenvalue weighted by Gasteiger charge is 2.12. The smallest absolute Gasteiger partial charge is 0.106 e. The predicted molar refractivity (Wildman–Crippen MR) is 84.2 cm³/mol. The number of nitrogens with zero attached hydrogens (tertiary/aromatic N) is 1. The molecule has 0 aliphatic carbocycles. The second-order valence-electron chi connectivity index (χ2n) is 4.09. The van der Waals surface area contributed by atoms with Crippen molar-refractivity contribution in [2.75, 3.05) is 24.6 Å². The van der Waals surface area contributed by atoms with Crippen molar-refractivity contribution in [1.29, 1.82) is 0 Å². The lowest BCUT2D eigenvalue weighted by Crippen LogP contribution is -2.30. The number of benzene rings is 1. The third-order valence-corrected chi connectivity index (χ3v) is 3.43. The summed E-state index contributed by atoms with van der Waals surface area (Å²) in [4.78, 5) is 2.51. The summed E-state index contributed by atoms with van der Waals surface area (Å²) in [5.74, 6) is 0. The van der Waals surface area contributed by atoms with Crippen LogP contribution in [0.3, 0.4) is 0 Å². The number of hydrogen-bond donors (Lipinski definition) is 2. The zero-order valence-electron chi connectivity index (χ0n) is 10.5. The molecule has 100 valence electrons. The van der Waals surface area contributed by atoms with Gasteiger partial charge in [-0.25, -0.2) is 0 Å². The van der Waals surface area contributed by atoms with Crippen molar-refractivity contribution in [1.82, 2.24) is 0 Å². The normalized spacial score (nSPS) is 10.4. The van der Waals surface area contributed by atoms with Gasteiger partial charge in [-0.15, -0.1) is 0 Å². The minimum Gasteiger partial charge on any atom is -0.395 e. The predicted octanol–water partition coefficient (Wildman–Crippen LogP) is 2.68. The lowest BCUT2D eigenvalue weighted by Gasteiger charge is -2.26. The zero-order chi connectivity index (χ0) is 13.5. The van der Waals surface area contributed by atoms with E-state index in [9.17, 15) is 0 Å². The Morgan fingerprint density at radius 3 is 2.72 bits per heavy atom. The third-order valence-electron chi connectivity index (χ3n) is 2.72. The van der Waals surface area contributed by atoms with Gasteiger partial charge < -0.3 is 15.7 Å². The molecule has 0 heterocycles. The zero-order valence-corrected chi connectivity index (χ0v) is 12.9.